The third kappa shape index (κ3) is 3.10. The smallest absolute Gasteiger partial charge is 0.319 e. The van der Waals surface area contributed by atoms with Gasteiger partial charge in [0.05, 0.1) is 0 Å². The summed E-state index contributed by atoms with van der Waals surface area (Å²) in [6.45, 7) is 2.84. The van der Waals surface area contributed by atoms with Gasteiger partial charge >= 0.3 is 6.03 Å². The van der Waals surface area contributed by atoms with E-state index in [2.05, 4.69) is 11.0 Å². The van der Waals surface area contributed by atoms with Crippen LogP contribution in [0.1, 0.15) is 0 Å². The molecule has 1 saturated heterocycles. The predicted molar refractivity (Wildman–Crippen MR) is 111 cm³/mol. The molecule has 0 saturated carbocycles. The summed E-state index contributed by atoms with van der Waals surface area (Å²) in [6, 6.07) is 17.7. The topological polar surface area (TPSA) is 43.9 Å². The number of carbonyl (C=O) groups excluding carboxylic acids is 1. The number of benzene rings is 2. The second kappa shape index (κ2) is 6.91. The Morgan fingerprint density at radius 2 is 1.44 bits per heavy atom. The summed E-state index contributed by atoms with van der Waals surface area (Å²) in [5.74, 6) is 0. The van der Waals surface area contributed by atoms with E-state index in [-0.39, 0.29) is 11.5 Å². The number of anilines is 1. The maximum absolute atomic E-state index is 13.1. The molecule has 0 atom stereocenters. The number of carbonyl (C=O) groups is 1. The average Bonchev–Trinajstić information content (AvgIpc) is 2.83. The van der Waals surface area contributed by atoms with Crippen LogP contribution in [0.5, 0.6) is 0 Å². The number of amides is 2. The number of nitrogens with zero attached hydrogens (tertiary/aromatic N) is 3. The molecule has 3 aromatic rings. The van der Waals surface area contributed by atoms with Crippen LogP contribution < -0.4 is 10.3 Å². The highest BCUT2D eigenvalue weighted by atomic mass is 16.2. The molecule has 2 amide bonds. The van der Waals surface area contributed by atoms with E-state index in [1.54, 1.807) is 19.0 Å². The number of rotatable bonds is 1. The molecule has 4 rings (SSSR count). The quantitative estimate of drug-likeness (QED) is 0.669. The molecular formula is C22H23N3O2. The highest BCUT2D eigenvalue weighted by molar-refractivity contribution is 6.01. The van der Waals surface area contributed by atoms with Crippen LogP contribution in [0.3, 0.4) is 0 Å². The molecule has 5 heteroatoms. The van der Waals surface area contributed by atoms with Crippen LogP contribution in [-0.2, 0) is 0 Å². The Balaban J connectivity index is 1.81. The van der Waals surface area contributed by atoms with Crippen molar-refractivity contribution in [3.8, 4) is 0 Å². The predicted octanol–water partition coefficient (Wildman–Crippen LogP) is 3.16. The van der Waals surface area contributed by atoms with Crippen molar-refractivity contribution in [2.24, 2.45) is 0 Å². The molecule has 27 heavy (non-hydrogen) atoms. The number of fused-ring (bicyclic) bond motifs is 2. The first kappa shape index (κ1) is 17.3. The van der Waals surface area contributed by atoms with Crippen LogP contribution in [0.25, 0.3) is 21.5 Å². The normalized spacial score (nSPS) is 14.6. The molecule has 0 aromatic heterocycles. The first-order valence-corrected chi connectivity index (χ1v) is 9.22. The summed E-state index contributed by atoms with van der Waals surface area (Å²) < 4.78 is 0. The van der Waals surface area contributed by atoms with E-state index in [1.165, 1.54) is 0 Å². The van der Waals surface area contributed by atoms with Crippen LogP contribution in [0.2, 0.25) is 0 Å². The van der Waals surface area contributed by atoms with E-state index in [0.717, 1.165) is 40.3 Å². The molecule has 5 nitrogen and oxygen atoms in total. The molecular weight excluding hydrogens is 338 g/mol. The lowest BCUT2D eigenvalue weighted by Crippen LogP contribution is -2.51. The fraction of sp³-hybridized carbons (Fsp3) is 0.273. The molecule has 1 fully saturated rings. The molecule has 0 unspecified atom stereocenters. The molecule has 3 aromatic carbocycles. The zero-order chi connectivity index (χ0) is 19.0. The number of piperazine rings is 1. The summed E-state index contributed by atoms with van der Waals surface area (Å²) in [5.41, 5.74) is 1.12. The van der Waals surface area contributed by atoms with Gasteiger partial charge in [0.2, 0.25) is 0 Å². The van der Waals surface area contributed by atoms with Crippen LogP contribution in [0.4, 0.5) is 10.5 Å². The van der Waals surface area contributed by atoms with Crippen molar-refractivity contribution in [1.82, 2.24) is 9.80 Å². The zero-order valence-electron chi connectivity index (χ0n) is 15.7. The molecule has 138 valence electrons. The van der Waals surface area contributed by atoms with Crippen molar-refractivity contribution in [3.05, 3.63) is 64.8 Å². The molecule has 0 bridgehead atoms. The second-order valence-electron chi connectivity index (χ2n) is 7.14. The van der Waals surface area contributed by atoms with Gasteiger partial charge in [-0.2, -0.15) is 0 Å². The highest BCUT2D eigenvalue weighted by Crippen LogP contribution is 2.28. The van der Waals surface area contributed by atoms with Crippen LogP contribution in [0.15, 0.2) is 59.4 Å². The lowest BCUT2D eigenvalue weighted by atomic mass is 10.1. The van der Waals surface area contributed by atoms with Crippen molar-refractivity contribution in [3.63, 3.8) is 0 Å². The van der Waals surface area contributed by atoms with E-state index in [1.807, 2.05) is 53.4 Å². The summed E-state index contributed by atoms with van der Waals surface area (Å²) in [6.07, 6.45) is 0. The number of hydrogen-bond acceptors (Lipinski definition) is 3. The standard InChI is InChI=1S/C22H23N3O2/c1-23(2)22(27)25-13-11-24(12-14-25)20-15-16-7-3-4-8-17(16)21(26)19-10-6-5-9-18(19)20/h3-10,15H,11-14H2,1-2H3. The van der Waals surface area contributed by atoms with Gasteiger partial charge in [0.1, 0.15) is 0 Å². The molecule has 1 aliphatic rings. The van der Waals surface area contributed by atoms with Crippen LogP contribution >= 0.6 is 0 Å². The van der Waals surface area contributed by atoms with Gasteiger partial charge in [0, 0.05) is 62.1 Å². The van der Waals surface area contributed by atoms with Gasteiger partial charge < -0.3 is 14.7 Å². The molecule has 1 heterocycles. The summed E-state index contributed by atoms with van der Waals surface area (Å²) in [7, 11) is 3.56. The first-order chi connectivity index (χ1) is 13.1. The summed E-state index contributed by atoms with van der Waals surface area (Å²) in [4.78, 5) is 31.1. The highest BCUT2D eigenvalue weighted by Gasteiger charge is 2.23. The third-order valence-electron chi connectivity index (χ3n) is 5.22. The Morgan fingerprint density at radius 3 is 2.11 bits per heavy atom. The Hall–Kier alpha value is -3.08. The maximum Gasteiger partial charge on any atom is 0.319 e. The van der Waals surface area contributed by atoms with E-state index in [4.69, 9.17) is 0 Å². The molecule has 0 N–H and O–H groups in total. The summed E-state index contributed by atoms with van der Waals surface area (Å²) >= 11 is 0. The molecule has 1 aliphatic heterocycles. The van der Waals surface area contributed by atoms with Gasteiger partial charge in [-0.25, -0.2) is 4.79 Å². The van der Waals surface area contributed by atoms with Gasteiger partial charge in [0.25, 0.3) is 0 Å². The SMILES string of the molecule is CN(C)C(=O)N1CCN(c2cc3ccccc3c(=O)c3ccccc23)CC1. The number of urea groups is 1. The monoisotopic (exact) mass is 361 g/mol. The minimum absolute atomic E-state index is 0.0467. The first-order valence-electron chi connectivity index (χ1n) is 9.22. The van der Waals surface area contributed by atoms with E-state index < -0.39 is 0 Å². The van der Waals surface area contributed by atoms with Crippen molar-refractivity contribution < 1.29 is 4.79 Å². The molecule has 0 radical (unpaired) electrons. The van der Waals surface area contributed by atoms with Crippen LogP contribution in [-0.4, -0.2) is 56.1 Å². The minimum atomic E-state index is 0.0467. The zero-order valence-corrected chi connectivity index (χ0v) is 15.7. The Morgan fingerprint density at radius 1 is 0.852 bits per heavy atom. The number of hydrogen-bond donors (Lipinski definition) is 0. The van der Waals surface area contributed by atoms with Gasteiger partial charge in [-0.1, -0.05) is 48.5 Å². The third-order valence-corrected chi connectivity index (χ3v) is 5.22. The van der Waals surface area contributed by atoms with Crippen LogP contribution in [0, 0.1) is 0 Å². The van der Waals surface area contributed by atoms with E-state index in [0.29, 0.717) is 13.1 Å². The Bertz CT molecular complexity index is 1070. The fourth-order valence-corrected chi connectivity index (χ4v) is 3.79. The largest absolute Gasteiger partial charge is 0.367 e. The van der Waals surface area contributed by atoms with Gasteiger partial charge in [-0.05, 0) is 11.5 Å². The fourth-order valence-electron chi connectivity index (χ4n) is 3.79. The molecule has 0 spiro atoms. The maximum atomic E-state index is 13.1. The van der Waals surface area contributed by atoms with Crippen molar-refractivity contribution in [2.45, 2.75) is 0 Å². The lowest BCUT2D eigenvalue weighted by molar-refractivity contribution is 0.168. The van der Waals surface area contributed by atoms with E-state index >= 15 is 0 Å². The van der Waals surface area contributed by atoms with Gasteiger partial charge in [-0.3, -0.25) is 4.79 Å². The Labute approximate surface area is 158 Å². The lowest BCUT2D eigenvalue weighted by Gasteiger charge is -2.37. The van der Waals surface area contributed by atoms with Crippen molar-refractivity contribution in [2.75, 3.05) is 45.2 Å². The minimum Gasteiger partial charge on any atom is -0.367 e. The van der Waals surface area contributed by atoms with Gasteiger partial charge in [-0.15, -0.1) is 0 Å². The summed E-state index contributed by atoms with van der Waals surface area (Å²) in [5, 5.41) is 3.38. The van der Waals surface area contributed by atoms with Gasteiger partial charge in [0.15, 0.2) is 5.43 Å². The van der Waals surface area contributed by atoms with Crippen molar-refractivity contribution in [1.29, 1.82) is 0 Å². The molecule has 0 aliphatic carbocycles. The Kier molecular flexibility index (Phi) is 4.44. The van der Waals surface area contributed by atoms with E-state index in [9.17, 15) is 9.59 Å². The second-order valence-corrected chi connectivity index (χ2v) is 7.14. The van der Waals surface area contributed by atoms with Crippen molar-refractivity contribution >= 4 is 33.3 Å². The average molecular weight is 361 g/mol.